The van der Waals surface area contributed by atoms with Gasteiger partial charge in [-0.2, -0.15) is 0 Å². The summed E-state index contributed by atoms with van der Waals surface area (Å²) in [6, 6.07) is 26.5. The van der Waals surface area contributed by atoms with Gasteiger partial charge in [0.05, 0.1) is 33.4 Å². The number of fused-ring (bicyclic) bond motifs is 4. The molecule has 4 nitrogen and oxygen atoms in total. The highest BCUT2D eigenvalue weighted by Crippen LogP contribution is 2.42. The van der Waals surface area contributed by atoms with E-state index in [9.17, 15) is 0 Å². The van der Waals surface area contributed by atoms with Crippen molar-refractivity contribution < 1.29 is 0 Å². The molecule has 0 aliphatic rings. The minimum Gasteiger partial charge on any atom is -0.308 e. The number of rotatable bonds is 8. The first kappa shape index (κ1) is 45.1. The summed E-state index contributed by atoms with van der Waals surface area (Å²) >= 11 is 0. The Morgan fingerprint density at radius 2 is 0.629 bits per heavy atom. The minimum atomic E-state index is -0.150. The van der Waals surface area contributed by atoms with Crippen LogP contribution in [0, 0.1) is 0 Å². The van der Waals surface area contributed by atoms with Crippen molar-refractivity contribution in [2.24, 2.45) is 0 Å². The molecular formula is C58H72N2O2. The molecule has 0 amide bonds. The molecule has 0 atom stereocenters. The molecule has 0 aliphatic heterocycles. The Kier molecular flexibility index (Phi) is 11.6. The summed E-state index contributed by atoms with van der Waals surface area (Å²) in [7, 11) is 0. The number of hydrogen-bond donors (Lipinski definition) is 0. The number of benzene rings is 5. The van der Waals surface area contributed by atoms with Gasteiger partial charge in [-0.15, -0.1) is 0 Å². The number of aromatic nitrogens is 2. The highest BCUT2D eigenvalue weighted by Gasteiger charge is 2.28. The first-order valence-corrected chi connectivity index (χ1v) is 23.4. The fraction of sp³-hybridized carbons (Fsp3) is 0.448. The SMILES string of the molecule is CC(C)c1cc(C(C)C)c(-n2c3cc(C(C)(C)C)ccc3c(=O)c3cc4c(cc32)c(=O)c2ccc(C(C)(C)C)cc2n4-c2c(C(C)C)cc(C(C)C)cc2C(C)C)c(C(C)C)c1. The summed E-state index contributed by atoms with van der Waals surface area (Å²) in [5.74, 6) is 1.51. The average Bonchev–Trinajstić information content (AvgIpc) is 3.18. The molecule has 2 aromatic heterocycles. The lowest BCUT2D eigenvalue weighted by molar-refractivity contribution is 0.590. The zero-order valence-electron chi connectivity index (χ0n) is 41.1. The molecule has 5 aromatic carbocycles. The molecule has 0 unspecified atom stereocenters. The fourth-order valence-corrected chi connectivity index (χ4v) is 9.44. The normalized spacial score (nSPS) is 13.0. The third-order valence-corrected chi connectivity index (χ3v) is 13.4. The molecule has 0 saturated carbocycles. The molecule has 0 aliphatic carbocycles. The molecule has 2 heterocycles. The molecule has 0 saturated heterocycles. The van der Waals surface area contributed by atoms with Crippen molar-refractivity contribution in [1.82, 2.24) is 9.13 Å². The maximum atomic E-state index is 15.4. The van der Waals surface area contributed by atoms with E-state index in [0.29, 0.717) is 33.4 Å². The van der Waals surface area contributed by atoms with Crippen LogP contribution >= 0.6 is 0 Å². The maximum absolute atomic E-state index is 15.4. The van der Waals surface area contributed by atoms with Gasteiger partial charge in [0.2, 0.25) is 0 Å². The zero-order valence-corrected chi connectivity index (χ0v) is 41.1. The standard InChI is InChI=1S/C58H72N2O2/c1-31(2)37-23-43(33(5)6)53(44(24-37)34(7)8)59-49-27-39(57(13,14)15)19-21-41(49)55(61)47-30-52-48(29-51(47)59)56(62)42-22-20-40(58(16,17)18)28-50(42)60(52)54-45(35(9)10)25-38(32(3)4)26-46(54)36(11)12/h19-36H,1-18H3. The van der Waals surface area contributed by atoms with E-state index in [1.807, 2.05) is 12.1 Å². The van der Waals surface area contributed by atoms with Crippen molar-refractivity contribution >= 4 is 43.6 Å². The fourth-order valence-electron chi connectivity index (χ4n) is 9.44. The van der Waals surface area contributed by atoms with Crippen molar-refractivity contribution in [3.63, 3.8) is 0 Å². The van der Waals surface area contributed by atoms with Crippen molar-refractivity contribution in [3.8, 4) is 11.4 Å². The van der Waals surface area contributed by atoms with Crippen LogP contribution in [0.1, 0.15) is 205 Å². The van der Waals surface area contributed by atoms with E-state index in [1.165, 1.54) is 33.4 Å². The molecular weight excluding hydrogens is 757 g/mol. The van der Waals surface area contributed by atoms with Gasteiger partial charge in [-0.3, -0.25) is 9.59 Å². The number of hydrogen-bond acceptors (Lipinski definition) is 2. The van der Waals surface area contributed by atoms with Crippen LogP contribution in [0.25, 0.3) is 55.0 Å². The Morgan fingerprint density at radius 1 is 0.355 bits per heavy atom. The smallest absolute Gasteiger partial charge is 0.197 e. The first-order chi connectivity index (χ1) is 28.8. The Balaban J connectivity index is 1.83. The number of nitrogens with zero attached hydrogens (tertiary/aromatic N) is 2. The van der Waals surface area contributed by atoms with Gasteiger partial charge >= 0.3 is 0 Å². The second-order valence-electron chi connectivity index (χ2n) is 22.2. The van der Waals surface area contributed by atoms with Gasteiger partial charge in [-0.25, -0.2) is 0 Å². The molecule has 0 spiro atoms. The van der Waals surface area contributed by atoms with Gasteiger partial charge < -0.3 is 9.13 Å². The summed E-state index contributed by atoms with van der Waals surface area (Å²) < 4.78 is 4.73. The van der Waals surface area contributed by atoms with E-state index >= 15 is 9.59 Å². The van der Waals surface area contributed by atoms with Gasteiger partial charge in [0, 0.05) is 21.5 Å². The van der Waals surface area contributed by atoms with Crippen LogP contribution in [0.5, 0.6) is 0 Å². The Hall–Kier alpha value is -4.96. The summed E-state index contributed by atoms with van der Waals surface area (Å²) in [4.78, 5) is 30.8. The largest absolute Gasteiger partial charge is 0.308 e. The van der Waals surface area contributed by atoms with E-state index in [2.05, 4.69) is 194 Å². The molecule has 0 fully saturated rings. The Bertz CT molecular complexity index is 2760. The summed E-state index contributed by atoms with van der Waals surface area (Å²) in [5.41, 5.74) is 15.1. The molecule has 0 bridgehead atoms. The van der Waals surface area contributed by atoms with Gasteiger partial charge in [0.15, 0.2) is 10.9 Å². The van der Waals surface area contributed by atoms with E-state index in [4.69, 9.17) is 0 Å². The van der Waals surface area contributed by atoms with Gasteiger partial charge in [-0.1, -0.05) is 161 Å². The first-order valence-electron chi connectivity index (χ1n) is 23.4. The molecule has 0 N–H and O–H groups in total. The highest BCUT2D eigenvalue weighted by molar-refractivity contribution is 6.06. The van der Waals surface area contributed by atoms with E-state index in [0.717, 1.165) is 44.6 Å². The van der Waals surface area contributed by atoms with E-state index < -0.39 is 0 Å². The number of pyridine rings is 2. The topological polar surface area (TPSA) is 44.0 Å². The quantitative estimate of drug-likeness (QED) is 0.143. The van der Waals surface area contributed by atoms with Gasteiger partial charge in [-0.05, 0) is 127 Å². The van der Waals surface area contributed by atoms with Crippen molar-refractivity contribution in [2.75, 3.05) is 0 Å². The molecule has 62 heavy (non-hydrogen) atoms. The summed E-state index contributed by atoms with van der Waals surface area (Å²) in [6.45, 7) is 40.6. The molecule has 0 radical (unpaired) electrons. The third-order valence-electron chi connectivity index (χ3n) is 13.4. The molecule has 4 heteroatoms. The lowest BCUT2D eigenvalue weighted by Gasteiger charge is -2.29. The van der Waals surface area contributed by atoms with Crippen LogP contribution in [0.15, 0.2) is 82.4 Å². The van der Waals surface area contributed by atoms with E-state index in [1.54, 1.807) is 0 Å². The second kappa shape index (κ2) is 16.0. The van der Waals surface area contributed by atoms with Crippen LogP contribution in [0.3, 0.4) is 0 Å². The van der Waals surface area contributed by atoms with Crippen LogP contribution < -0.4 is 10.9 Å². The monoisotopic (exact) mass is 829 g/mol. The van der Waals surface area contributed by atoms with Gasteiger partial charge in [0.25, 0.3) is 0 Å². The highest BCUT2D eigenvalue weighted by atomic mass is 16.1. The van der Waals surface area contributed by atoms with Crippen LogP contribution in [-0.4, -0.2) is 9.13 Å². The summed E-state index contributed by atoms with van der Waals surface area (Å²) in [6.07, 6.45) is 0. The zero-order chi connectivity index (χ0) is 45.7. The van der Waals surface area contributed by atoms with Crippen LogP contribution in [-0.2, 0) is 10.8 Å². The minimum absolute atomic E-state index is 0.0181. The molecule has 7 aromatic rings. The van der Waals surface area contributed by atoms with Gasteiger partial charge in [0.1, 0.15) is 0 Å². The van der Waals surface area contributed by atoms with Crippen LogP contribution in [0.2, 0.25) is 0 Å². The lowest BCUT2D eigenvalue weighted by Crippen LogP contribution is -2.19. The second-order valence-corrected chi connectivity index (χ2v) is 22.2. The predicted octanol–water partition coefficient (Wildman–Crippen LogP) is 15.9. The average molecular weight is 829 g/mol. The maximum Gasteiger partial charge on any atom is 0.197 e. The lowest BCUT2D eigenvalue weighted by atomic mass is 9.85. The van der Waals surface area contributed by atoms with Crippen molar-refractivity contribution in [1.29, 1.82) is 0 Å². The predicted molar refractivity (Wildman–Crippen MR) is 270 cm³/mol. The van der Waals surface area contributed by atoms with Crippen molar-refractivity contribution in [2.45, 2.75) is 171 Å². The molecule has 326 valence electrons. The molecule has 7 rings (SSSR count). The summed E-state index contributed by atoms with van der Waals surface area (Å²) in [5, 5.41) is 2.58. The Morgan fingerprint density at radius 3 is 0.871 bits per heavy atom. The van der Waals surface area contributed by atoms with E-state index in [-0.39, 0.29) is 45.4 Å². The third kappa shape index (κ3) is 7.64. The van der Waals surface area contributed by atoms with Crippen LogP contribution in [0.4, 0.5) is 0 Å². The Labute approximate surface area is 371 Å². The van der Waals surface area contributed by atoms with Crippen molar-refractivity contribution in [3.05, 3.63) is 138 Å².